The second-order valence-corrected chi connectivity index (χ2v) is 9.18. The van der Waals surface area contributed by atoms with Crippen molar-refractivity contribution >= 4 is 34.1 Å². The van der Waals surface area contributed by atoms with E-state index in [1.165, 1.54) is 0 Å². The van der Waals surface area contributed by atoms with Crippen LogP contribution in [0.1, 0.15) is 33.3 Å². The lowest BCUT2D eigenvalue weighted by Gasteiger charge is -2.30. The number of fused-ring (bicyclic) bond motifs is 3. The molecule has 2 aromatic heterocycles. The van der Waals surface area contributed by atoms with Crippen molar-refractivity contribution in [3.05, 3.63) is 66.4 Å². The molecule has 0 bridgehead atoms. The van der Waals surface area contributed by atoms with Crippen LogP contribution in [0.2, 0.25) is 0 Å². The molecule has 0 fully saturated rings. The molecule has 0 saturated carbocycles. The molecule has 0 spiro atoms. The number of benzene rings is 2. The first-order chi connectivity index (χ1) is 17.9. The highest BCUT2D eigenvalue weighted by atomic mass is 16.2. The zero-order valence-electron chi connectivity index (χ0n) is 22.6. The van der Waals surface area contributed by atoms with Gasteiger partial charge in [-0.25, -0.2) is 4.98 Å². The number of amides is 2. The zero-order chi connectivity index (χ0) is 26.5. The fraction of sp³-hybridized carbons (Fsp3) is 0.367. The molecule has 0 saturated heterocycles. The predicted octanol–water partition coefficient (Wildman–Crippen LogP) is 5.01. The Kier molecular flexibility index (Phi) is 8.11. The van der Waals surface area contributed by atoms with E-state index in [2.05, 4.69) is 37.3 Å². The van der Waals surface area contributed by atoms with E-state index < -0.39 is 0 Å². The van der Waals surface area contributed by atoms with Crippen LogP contribution in [0, 0.1) is 6.92 Å². The van der Waals surface area contributed by atoms with Crippen molar-refractivity contribution in [2.24, 2.45) is 0 Å². The number of hydrogen-bond donors (Lipinski definition) is 0. The molecule has 0 atom stereocenters. The molecule has 2 amide bonds. The summed E-state index contributed by atoms with van der Waals surface area (Å²) in [5.41, 5.74) is 3.65. The number of hydrogen-bond acceptors (Lipinski definition) is 4. The minimum Gasteiger partial charge on any atom is -0.342 e. The van der Waals surface area contributed by atoms with E-state index in [1.54, 1.807) is 9.80 Å². The maximum atomic E-state index is 13.4. The number of anilines is 1. The van der Waals surface area contributed by atoms with E-state index in [0.717, 1.165) is 39.1 Å². The number of rotatable bonds is 10. The van der Waals surface area contributed by atoms with Crippen molar-refractivity contribution < 1.29 is 9.59 Å². The molecule has 0 radical (unpaired) electrons. The monoisotopic (exact) mass is 499 g/mol. The first kappa shape index (κ1) is 26.2. The molecule has 7 nitrogen and oxygen atoms in total. The first-order valence-corrected chi connectivity index (χ1v) is 13.2. The van der Waals surface area contributed by atoms with Gasteiger partial charge in [-0.1, -0.05) is 48.5 Å². The van der Waals surface area contributed by atoms with Crippen LogP contribution in [0.3, 0.4) is 0 Å². The molecule has 0 unspecified atom stereocenters. The van der Waals surface area contributed by atoms with Gasteiger partial charge in [0.1, 0.15) is 17.2 Å². The molecule has 0 aliphatic rings. The summed E-state index contributed by atoms with van der Waals surface area (Å²) in [5.74, 6) is 0.740. The van der Waals surface area contributed by atoms with Crippen molar-refractivity contribution in [1.82, 2.24) is 19.2 Å². The third-order valence-electron chi connectivity index (χ3n) is 7.07. The van der Waals surface area contributed by atoms with E-state index in [9.17, 15) is 9.59 Å². The van der Waals surface area contributed by atoms with Crippen LogP contribution in [0.15, 0.2) is 60.8 Å². The molecular formula is C30H37N5O2. The molecule has 194 valence electrons. The first-order valence-electron chi connectivity index (χ1n) is 13.2. The number of likely N-dealkylation sites (N-methyl/N-ethyl adjacent to an activating group) is 2. The second-order valence-electron chi connectivity index (χ2n) is 9.18. The summed E-state index contributed by atoms with van der Waals surface area (Å²) in [6.45, 7) is 12.6. The Labute approximate surface area is 219 Å². The standard InChI is InChI=1S/C30H37N5O2/c1-6-32(7-2)26(36)20-34(21-27(37)33(8-3)9-4)30-28(24-16-12-10-14-22(24)5)31-29-25-17-13-11-15-23(25)18-19-35(29)30/h10-19H,6-9,20-21H2,1-5H3. The summed E-state index contributed by atoms with van der Waals surface area (Å²) in [7, 11) is 0. The van der Waals surface area contributed by atoms with Gasteiger partial charge in [-0.05, 0) is 51.6 Å². The molecule has 7 heteroatoms. The molecule has 0 aliphatic carbocycles. The van der Waals surface area contributed by atoms with Crippen LogP contribution in [0.25, 0.3) is 27.7 Å². The van der Waals surface area contributed by atoms with Crippen LogP contribution < -0.4 is 4.90 Å². The molecule has 2 heterocycles. The Hall–Kier alpha value is -3.87. The normalized spacial score (nSPS) is 11.2. The molecule has 2 aromatic carbocycles. The van der Waals surface area contributed by atoms with Gasteiger partial charge in [-0.15, -0.1) is 0 Å². The Balaban J connectivity index is 1.96. The largest absolute Gasteiger partial charge is 0.342 e. The fourth-order valence-electron chi connectivity index (χ4n) is 4.96. The van der Waals surface area contributed by atoms with Gasteiger partial charge in [0.2, 0.25) is 11.8 Å². The summed E-state index contributed by atoms with van der Waals surface area (Å²) in [6.07, 6.45) is 2.00. The van der Waals surface area contributed by atoms with E-state index >= 15 is 0 Å². The maximum absolute atomic E-state index is 13.4. The summed E-state index contributed by atoms with van der Waals surface area (Å²) in [5, 5.41) is 2.11. The highest BCUT2D eigenvalue weighted by Gasteiger charge is 2.27. The lowest BCUT2D eigenvalue weighted by molar-refractivity contribution is -0.130. The summed E-state index contributed by atoms with van der Waals surface area (Å²) in [4.78, 5) is 37.5. The number of aryl methyl sites for hydroxylation is 1. The fourth-order valence-corrected chi connectivity index (χ4v) is 4.96. The minimum absolute atomic E-state index is 0.0104. The van der Waals surface area contributed by atoms with Crippen molar-refractivity contribution in [2.75, 3.05) is 44.2 Å². The third-order valence-corrected chi connectivity index (χ3v) is 7.07. The van der Waals surface area contributed by atoms with Crippen LogP contribution in [-0.4, -0.2) is 70.3 Å². The Morgan fingerprint density at radius 1 is 0.784 bits per heavy atom. The number of pyridine rings is 1. The van der Waals surface area contributed by atoms with Crippen LogP contribution in [0.4, 0.5) is 5.82 Å². The molecule has 4 rings (SSSR count). The lowest BCUT2D eigenvalue weighted by atomic mass is 10.1. The molecule has 37 heavy (non-hydrogen) atoms. The van der Waals surface area contributed by atoms with E-state index in [-0.39, 0.29) is 24.9 Å². The van der Waals surface area contributed by atoms with Gasteiger partial charge in [0.25, 0.3) is 0 Å². The number of carbonyl (C=O) groups is 2. The Bertz CT molecular complexity index is 1380. The molecule has 0 aliphatic heterocycles. The zero-order valence-corrected chi connectivity index (χ0v) is 22.6. The number of aromatic nitrogens is 2. The van der Waals surface area contributed by atoms with Crippen LogP contribution in [0.5, 0.6) is 0 Å². The van der Waals surface area contributed by atoms with Gasteiger partial charge < -0.3 is 14.7 Å². The quantitative estimate of drug-likeness (QED) is 0.308. The van der Waals surface area contributed by atoms with E-state index in [0.29, 0.717) is 26.2 Å². The SMILES string of the molecule is CCN(CC)C(=O)CN(CC(=O)N(CC)CC)c1c(-c2ccccc2C)nc2c3ccccc3ccn12. The summed E-state index contributed by atoms with van der Waals surface area (Å²) in [6, 6.07) is 18.4. The average molecular weight is 500 g/mol. The Morgan fingerprint density at radius 2 is 1.35 bits per heavy atom. The van der Waals surface area contributed by atoms with Gasteiger partial charge in [0, 0.05) is 43.3 Å². The average Bonchev–Trinajstić information content (AvgIpc) is 3.30. The van der Waals surface area contributed by atoms with Gasteiger partial charge in [0.15, 0.2) is 0 Å². The van der Waals surface area contributed by atoms with E-state index in [1.807, 2.05) is 67.5 Å². The van der Waals surface area contributed by atoms with Crippen molar-refractivity contribution in [2.45, 2.75) is 34.6 Å². The molecule has 4 aromatic rings. The lowest BCUT2D eigenvalue weighted by Crippen LogP contribution is -2.46. The van der Waals surface area contributed by atoms with Gasteiger partial charge in [-0.2, -0.15) is 0 Å². The number of nitrogens with zero attached hydrogens (tertiary/aromatic N) is 5. The highest BCUT2D eigenvalue weighted by Crippen LogP contribution is 2.36. The topological polar surface area (TPSA) is 61.2 Å². The molecular weight excluding hydrogens is 462 g/mol. The van der Waals surface area contributed by atoms with Crippen molar-refractivity contribution in [1.29, 1.82) is 0 Å². The van der Waals surface area contributed by atoms with Crippen molar-refractivity contribution in [3.63, 3.8) is 0 Å². The van der Waals surface area contributed by atoms with E-state index in [4.69, 9.17) is 4.98 Å². The highest BCUT2D eigenvalue weighted by molar-refractivity contribution is 5.98. The van der Waals surface area contributed by atoms with Crippen LogP contribution >= 0.6 is 0 Å². The van der Waals surface area contributed by atoms with Crippen molar-refractivity contribution in [3.8, 4) is 11.3 Å². The molecule has 0 N–H and O–H groups in total. The minimum atomic E-state index is -0.0104. The summed E-state index contributed by atoms with van der Waals surface area (Å²) >= 11 is 0. The van der Waals surface area contributed by atoms with Gasteiger partial charge in [0.05, 0.1) is 13.1 Å². The number of imidazole rings is 1. The smallest absolute Gasteiger partial charge is 0.242 e. The van der Waals surface area contributed by atoms with Crippen LogP contribution in [-0.2, 0) is 9.59 Å². The second kappa shape index (κ2) is 11.5. The van der Waals surface area contributed by atoms with Gasteiger partial charge >= 0.3 is 0 Å². The predicted molar refractivity (Wildman–Crippen MR) is 151 cm³/mol. The Morgan fingerprint density at radius 3 is 1.95 bits per heavy atom. The maximum Gasteiger partial charge on any atom is 0.242 e. The summed E-state index contributed by atoms with van der Waals surface area (Å²) < 4.78 is 2.04. The number of carbonyl (C=O) groups excluding carboxylic acids is 2. The third kappa shape index (κ3) is 5.17. The van der Waals surface area contributed by atoms with Gasteiger partial charge in [-0.3, -0.25) is 14.0 Å².